The Hall–Kier alpha value is -0.0300. The Morgan fingerprint density at radius 1 is 1.61 bits per heavy atom. The van der Waals surface area contributed by atoms with Crippen LogP contribution in [-0.2, 0) is 9.47 Å². The van der Waals surface area contributed by atoms with Gasteiger partial charge in [0.1, 0.15) is 0 Å². The number of rotatable bonds is 6. The smallest absolute Gasteiger partial charge is 0.0795 e. The summed E-state index contributed by atoms with van der Waals surface area (Å²) in [6, 6.07) is 0.603. The van der Waals surface area contributed by atoms with E-state index in [1.807, 2.05) is 18.7 Å². The van der Waals surface area contributed by atoms with Crippen molar-refractivity contribution in [1.29, 1.82) is 0 Å². The highest BCUT2D eigenvalue weighted by molar-refractivity contribution is 7.99. The van der Waals surface area contributed by atoms with Crippen LogP contribution in [0.25, 0.3) is 0 Å². The van der Waals surface area contributed by atoms with Crippen molar-refractivity contribution in [3.05, 3.63) is 12.2 Å². The molecule has 0 radical (unpaired) electrons. The second-order valence-electron chi connectivity index (χ2n) is 5.49. The predicted molar refractivity (Wildman–Crippen MR) is 77.3 cm³/mol. The first-order valence-corrected chi connectivity index (χ1v) is 8.03. The van der Waals surface area contributed by atoms with Crippen molar-refractivity contribution in [2.45, 2.75) is 37.8 Å². The third-order valence-corrected chi connectivity index (χ3v) is 4.81. The van der Waals surface area contributed by atoms with Crippen molar-refractivity contribution in [1.82, 2.24) is 5.32 Å². The summed E-state index contributed by atoms with van der Waals surface area (Å²) in [6.45, 7) is 9.11. The molecule has 0 amide bonds. The monoisotopic (exact) mass is 271 g/mol. The van der Waals surface area contributed by atoms with E-state index in [9.17, 15) is 0 Å². The highest BCUT2D eigenvalue weighted by atomic mass is 32.2. The molecule has 2 aliphatic heterocycles. The molecular formula is C14H25NO2S. The minimum atomic E-state index is 0.180. The highest BCUT2D eigenvalue weighted by Crippen LogP contribution is 2.38. The van der Waals surface area contributed by atoms with Crippen LogP contribution in [0.4, 0.5) is 0 Å². The quantitative estimate of drug-likeness (QED) is 0.593. The third-order valence-electron chi connectivity index (χ3n) is 3.59. The molecule has 1 N–H and O–H groups in total. The van der Waals surface area contributed by atoms with Crippen LogP contribution >= 0.6 is 11.8 Å². The van der Waals surface area contributed by atoms with Gasteiger partial charge in [0.2, 0.25) is 0 Å². The zero-order chi connectivity index (χ0) is 12.8. The molecule has 0 aliphatic carbocycles. The fourth-order valence-corrected chi connectivity index (χ4v) is 4.03. The molecule has 2 unspecified atom stereocenters. The van der Waals surface area contributed by atoms with E-state index < -0.39 is 0 Å². The van der Waals surface area contributed by atoms with Crippen molar-refractivity contribution in [2.24, 2.45) is 0 Å². The second-order valence-corrected chi connectivity index (χ2v) is 6.59. The van der Waals surface area contributed by atoms with E-state index in [4.69, 9.17) is 9.47 Å². The molecule has 1 spiro atoms. The average Bonchev–Trinajstić information content (AvgIpc) is 2.76. The molecule has 2 fully saturated rings. The summed E-state index contributed by atoms with van der Waals surface area (Å²) in [5.41, 5.74) is 1.27. The van der Waals surface area contributed by atoms with Crippen molar-refractivity contribution in [2.75, 3.05) is 37.9 Å². The van der Waals surface area contributed by atoms with E-state index in [0.717, 1.165) is 31.8 Å². The molecule has 0 saturated carbocycles. The molecule has 2 heterocycles. The molecule has 2 aliphatic rings. The maximum Gasteiger partial charge on any atom is 0.0795 e. The molecule has 2 atom stereocenters. The average molecular weight is 271 g/mol. The number of thioether (sulfide) groups is 1. The van der Waals surface area contributed by atoms with Gasteiger partial charge in [-0.25, -0.2) is 0 Å². The van der Waals surface area contributed by atoms with Crippen LogP contribution in [0.2, 0.25) is 0 Å². The van der Waals surface area contributed by atoms with Gasteiger partial charge >= 0.3 is 0 Å². The number of hydrogen-bond donors (Lipinski definition) is 1. The van der Waals surface area contributed by atoms with E-state index in [2.05, 4.69) is 11.9 Å². The summed E-state index contributed by atoms with van der Waals surface area (Å²) in [5.74, 6) is 2.44. The van der Waals surface area contributed by atoms with Gasteiger partial charge in [0.15, 0.2) is 0 Å². The molecule has 3 nitrogen and oxygen atoms in total. The van der Waals surface area contributed by atoms with Gasteiger partial charge in [-0.2, -0.15) is 11.8 Å². The molecule has 2 saturated heterocycles. The first-order chi connectivity index (χ1) is 8.70. The van der Waals surface area contributed by atoms with Crippen molar-refractivity contribution in [3.8, 4) is 0 Å². The Labute approximate surface area is 115 Å². The van der Waals surface area contributed by atoms with Crippen LogP contribution in [-0.4, -0.2) is 49.5 Å². The lowest BCUT2D eigenvalue weighted by Crippen LogP contribution is -2.47. The van der Waals surface area contributed by atoms with Crippen LogP contribution in [0.5, 0.6) is 0 Å². The van der Waals surface area contributed by atoms with E-state index in [0.29, 0.717) is 12.6 Å². The van der Waals surface area contributed by atoms with Gasteiger partial charge in [-0.3, -0.25) is 0 Å². The topological polar surface area (TPSA) is 30.5 Å². The fourth-order valence-electron chi connectivity index (χ4n) is 2.65. The highest BCUT2D eigenvalue weighted by Gasteiger charge is 2.40. The Kier molecular flexibility index (Phi) is 5.55. The zero-order valence-electron chi connectivity index (χ0n) is 11.4. The second kappa shape index (κ2) is 6.94. The number of ether oxygens (including phenoxy) is 2. The summed E-state index contributed by atoms with van der Waals surface area (Å²) in [4.78, 5) is 0. The molecule has 0 aromatic carbocycles. The number of nitrogens with one attached hydrogen (secondary N) is 1. The number of hydrogen-bond acceptors (Lipinski definition) is 4. The predicted octanol–water partition coefficient (Wildman–Crippen LogP) is 2.22. The van der Waals surface area contributed by atoms with Crippen LogP contribution in [0, 0.1) is 0 Å². The van der Waals surface area contributed by atoms with Crippen LogP contribution in [0.3, 0.4) is 0 Å². The van der Waals surface area contributed by atoms with Gasteiger partial charge in [0.05, 0.1) is 18.8 Å². The summed E-state index contributed by atoms with van der Waals surface area (Å²) in [6.07, 6.45) is 3.52. The van der Waals surface area contributed by atoms with E-state index in [1.54, 1.807) is 0 Å². The van der Waals surface area contributed by atoms with Crippen molar-refractivity contribution >= 4 is 11.8 Å². The Balaban J connectivity index is 1.62. The molecular weight excluding hydrogens is 246 g/mol. The summed E-state index contributed by atoms with van der Waals surface area (Å²) < 4.78 is 11.5. The lowest BCUT2D eigenvalue weighted by Gasteiger charge is -2.38. The zero-order valence-corrected chi connectivity index (χ0v) is 12.2. The molecule has 4 heteroatoms. The summed E-state index contributed by atoms with van der Waals surface area (Å²) in [5, 5.41) is 3.60. The van der Waals surface area contributed by atoms with Gasteiger partial charge in [-0.15, -0.1) is 0 Å². The molecule has 0 aromatic heterocycles. The summed E-state index contributed by atoms with van der Waals surface area (Å²) >= 11 is 2.03. The Bertz CT molecular complexity index is 277. The lowest BCUT2D eigenvalue weighted by atomic mass is 9.90. The first-order valence-electron chi connectivity index (χ1n) is 6.87. The molecule has 104 valence electrons. The minimum Gasteiger partial charge on any atom is -0.376 e. The molecule has 0 aromatic rings. The van der Waals surface area contributed by atoms with Gasteiger partial charge in [-0.1, -0.05) is 12.2 Å². The van der Waals surface area contributed by atoms with Crippen LogP contribution < -0.4 is 5.32 Å². The maximum atomic E-state index is 6.01. The molecule has 18 heavy (non-hydrogen) atoms. The van der Waals surface area contributed by atoms with Gasteiger partial charge in [-0.05, 0) is 31.9 Å². The Morgan fingerprint density at radius 3 is 3.22 bits per heavy atom. The largest absolute Gasteiger partial charge is 0.376 e. The van der Waals surface area contributed by atoms with Crippen LogP contribution in [0.15, 0.2) is 12.2 Å². The Morgan fingerprint density at radius 2 is 2.50 bits per heavy atom. The normalized spacial score (nSPS) is 31.9. The van der Waals surface area contributed by atoms with Gasteiger partial charge in [0, 0.05) is 24.9 Å². The first kappa shape index (κ1) is 14.4. The lowest BCUT2D eigenvalue weighted by molar-refractivity contribution is -0.0705. The van der Waals surface area contributed by atoms with E-state index >= 15 is 0 Å². The molecule has 2 rings (SSSR count). The van der Waals surface area contributed by atoms with E-state index in [1.165, 1.54) is 24.3 Å². The van der Waals surface area contributed by atoms with Crippen LogP contribution in [0.1, 0.15) is 26.2 Å². The third kappa shape index (κ3) is 4.26. The van der Waals surface area contributed by atoms with Crippen molar-refractivity contribution < 1.29 is 9.47 Å². The standard InChI is InChI=1S/C14H25NO2S/c1-12(2)10-16-7-5-15-13-3-6-17-14(9-13)4-8-18-11-14/h13,15H,1,3-11H2,2H3. The minimum absolute atomic E-state index is 0.180. The maximum absolute atomic E-state index is 6.01. The fraction of sp³-hybridized carbons (Fsp3) is 0.857. The van der Waals surface area contributed by atoms with E-state index in [-0.39, 0.29) is 5.60 Å². The van der Waals surface area contributed by atoms with Crippen molar-refractivity contribution in [3.63, 3.8) is 0 Å². The molecule has 0 bridgehead atoms. The summed E-state index contributed by atoms with van der Waals surface area (Å²) in [7, 11) is 0. The van der Waals surface area contributed by atoms with Gasteiger partial charge in [0.25, 0.3) is 0 Å². The van der Waals surface area contributed by atoms with Gasteiger partial charge < -0.3 is 14.8 Å². The SMILES string of the molecule is C=C(C)COCCNC1CCOC2(CCSC2)C1.